The molecule has 0 amide bonds. The van der Waals surface area contributed by atoms with Crippen LogP contribution in [-0.4, -0.2) is 13.1 Å². The zero-order chi connectivity index (χ0) is 16.1. The molecular formula is C20H30O2. The van der Waals surface area contributed by atoms with E-state index in [2.05, 4.69) is 72.4 Å². The highest BCUT2D eigenvalue weighted by Gasteiger charge is 1.82. The first kappa shape index (κ1) is 20.2. The lowest BCUT2D eigenvalue weighted by atomic mass is 10.2. The van der Waals surface area contributed by atoms with Gasteiger partial charge in [0.25, 0.3) is 6.47 Å². The zero-order valence-electron chi connectivity index (χ0n) is 13.8. The van der Waals surface area contributed by atoms with E-state index in [4.69, 9.17) is 0 Å². The van der Waals surface area contributed by atoms with E-state index in [9.17, 15) is 4.79 Å². The highest BCUT2D eigenvalue weighted by Crippen LogP contribution is 1.97. The van der Waals surface area contributed by atoms with Crippen molar-refractivity contribution in [3.63, 3.8) is 0 Å². The lowest BCUT2D eigenvalue weighted by Crippen LogP contribution is -1.89. The van der Waals surface area contributed by atoms with Gasteiger partial charge in [-0.15, -0.1) is 0 Å². The van der Waals surface area contributed by atoms with Crippen LogP contribution < -0.4 is 0 Å². The van der Waals surface area contributed by atoms with Crippen LogP contribution in [0.2, 0.25) is 0 Å². The van der Waals surface area contributed by atoms with Gasteiger partial charge in [0.2, 0.25) is 0 Å². The monoisotopic (exact) mass is 302 g/mol. The van der Waals surface area contributed by atoms with Crippen molar-refractivity contribution in [2.24, 2.45) is 0 Å². The van der Waals surface area contributed by atoms with E-state index in [1.807, 2.05) is 0 Å². The van der Waals surface area contributed by atoms with Crippen molar-refractivity contribution in [2.75, 3.05) is 6.61 Å². The predicted octanol–water partition coefficient (Wildman–Crippen LogP) is 5.69. The van der Waals surface area contributed by atoms with E-state index >= 15 is 0 Å². The fourth-order valence-electron chi connectivity index (χ4n) is 1.70. The third-order valence-electron chi connectivity index (χ3n) is 2.86. The van der Waals surface area contributed by atoms with Crippen molar-refractivity contribution < 1.29 is 9.53 Å². The standard InChI is InChI=1S/C20H30O2/c1-2-3-4-5-6-7-8-9-10-11-12-13-14-15-16-17-18-19-22-20-21/h3-4,6-7,9-10,12-13,15-16,20H,2,5,8,11,14,17-19H2,1H3/b4-3-,7-6-,10-9-,13-12-,16-15-. The Morgan fingerprint density at radius 3 is 1.59 bits per heavy atom. The van der Waals surface area contributed by atoms with E-state index in [0.717, 1.165) is 44.9 Å². The van der Waals surface area contributed by atoms with Gasteiger partial charge in [-0.3, -0.25) is 4.79 Å². The SMILES string of the molecule is CC/C=C\C/C=C\C/C=C\C/C=C\C/C=C\CCCOC=O. The first-order chi connectivity index (χ1) is 10.9. The maximum absolute atomic E-state index is 9.92. The highest BCUT2D eigenvalue weighted by molar-refractivity contribution is 5.36. The molecule has 0 saturated heterocycles. The van der Waals surface area contributed by atoms with Crippen LogP contribution in [0.1, 0.15) is 51.9 Å². The Bertz CT molecular complexity index is 373. The molecule has 0 heterocycles. The van der Waals surface area contributed by atoms with Crippen LogP contribution in [0.3, 0.4) is 0 Å². The Morgan fingerprint density at radius 2 is 1.14 bits per heavy atom. The number of hydrogen-bond donors (Lipinski definition) is 0. The van der Waals surface area contributed by atoms with Crippen LogP contribution in [0.15, 0.2) is 60.8 Å². The van der Waals surface area contributed by atoms with Crippen LogP contribution in [-0.2, 0) is 9.53 Å². The number of allylic oxidation sites excluding steroid dienone is 10. The number of unbranched alkanes of at least 4 members (excludes halogenated alkanes) is 1. The summed E-state index contributed by atoms with van der Waals surface area (Å²) in [6.45, 7) is 3.16. The molecule has 0 rings (SSSR count). The van der Waals surface area contributed by atoms with Gasteiger partial charge in [0.15, 0.2) is 0 Å². The first-order valence-corrected chi connectivity index (χ1v) is 8.22. The second kappa shape index (κ2) is 19.2. The molecule has 2 nitrogen and oxygen atoms in total. The van der Waals surface area contributed by atoms with Crippen molar-refractivity contribution in [2.45, 2.75) is 51.9 Å². The Hall–Kier alpha value is -1.83. The van der Waals surface area contributed by atoms with E-state index < -0.39 is 0 Å². The first-order valence-electron chi connectivity index (χ1n) is 8.22. The van der Waals surface area contributed by atoms with Crippen molar-refractivity contribution >= 4 is 6.47 Å². The van der Waals surface area contributed by atoms with Crippen molar-refractivity contribution in [1.82, 2.24) is 0 Å². The summed E-state index contributed by atoms with van der Waals surface area (Å²) in [7, 11) is 0. The number of carbonyl (C=O) groups excluding carboxylic acids is 1. The predicted molar refractivity (Wildman–Crippen MR) is 95.7 cm³/mol. The second-order valence-corrected chi connectivity index (χ2v) is 4.82. The van der Waals surface area contributed by atoms with Crippen LogP contribution in [0, 0.1) is 0 Å². The molecule has 0 aromatic carbocycles. The molecule has 0 aromatic heterocycles. The summed E-state index contributed by atoms with van der Waals surface area (Å²) in [6, 6.07) is 0. The fraction of sp³-hybridized carbons (Fsp3) is 0.450. The molecule has 0 aliphatic rings. The Labute approximate surface area is 136 Å². The van der Waals surface area contributed by atoms with Crippen LogP contribution >= 0.6 is 0 Å². The van der Waals surface area contributed by atoms with Gasteiger partial charge in [0, 0.05) is 0 Å². The topological polar surface area (TPSA) is 26.3 Å². The number of ether oxygens (including phenoxy) is 1. The average Bonchev–Trinajstić information content (AvgIpc) is 2.54. The van der Waals surface area contributed by atoms with Gasteiger partial charge in [0.1, 0.15) is 0 Å². The number of hydrogen-bond acceptors (Lipinski definition) is 2. The van der Waals surface area contributed by atoms with E-state index in [1.165, 1.54) is 0 Å². The largest absolute Gasteiger partial charge is 0.468 e. The molecule has 0 unspecified atom stereocenters. The minimum atomic E-state index is 0.499. The summed E-state index contributed by atoms with van der Waals surface area (Å²) in [6.07, 6.45) is 28.8. The van der Waals surface area contributed by atoms with Crippen molar-refractivity contribution in [3.8, 4) is 0 Å². The second-order valence-electron chi connectivity index (χ2n) is 4.82. The molecule has 122 valence electrons. The molecule has 0 atom stereocenters. The van der Waals surface area contributed by atoms with Gasteiger partial charge in [-0.25, -0.2) is 0 Å². The average molecular weight is 302 g/mol. The third kappa shape index (κ3) is 18.2. The summed E-state index contributed by atoms with van der Waals surface area (Å²) < 4.78 is 4.61. The van der Waals surface area contributed by atoms with Crippen LogP contribution in [0.25, 0.3) is 0 Å². The molecule has 22 heavy (non-hydrogen) atoms. The number of rotatable bonds is 14. The summed E-state index contributed by atoms with van der Waals surface area (Å²) in [5.41, 5.74) is 0. The fourth-order valence-corrected chi connectivity index (χ4v) is 1.70. The Kier molecular flexibility index (Phi) is 17.6. The molecule has 2 heteroatoms. The summed E-state index contributed by atoms with van der Waals surface area (Å²) in [5, 5.41) is 0. The van der Waals surface area contributed by atoms with Gasteiger partial charge in [-0.2, -0.15) is 0 Å². The zero-order valence-corrected chi connectivity index (χ0v) is 13.8. The maximum atomic E-state index is 9.92. The molecule has 0 bridgehead atoms. The summed E-state index contributed by atoms with van der Waals surface area (Å²) in [5.74, 6) is 0. The molecule has 0 radical (unpaired) electrons. The normalized spacial score (nSPS) is 12.6. The minimum Gasteiger partial charge on any atom is -0.468 e. The molecule has 0 aliphatic heterocycles. The van der Waals surface area contributed by atoms with Crippen LogP contribution in [0.4, 0.5) is 0 Å². The third-order valence-corrected chi connectivity index (χ3v) is 2.86. The maximum Gasteiger partial charge on any atom is 0.293 e. The lowest BCUT2D eigenvalue weighted by Gasteiger charge is -1.93. The Balaban J connectivity index is 3.42. The van der Waals surface area contributed by atoms with Gasteiger partial charge in [-0.05, 0) is 44.9 Å². The van der Waals surface area contributed by atoms with Gasteiger partial charge < -0.3 is 4.74 Å². The molecule has 0 fully saturated rings. The van der Waals surface area contributed by atoms with Gasteiger partial charge in [0.05, 0.1) is 6.61 Å². The summed E-state index contributed by atoms with van der Waals surface area (Å²) >= 11 is 0. The van der Waals surface area contributed by atoms with Crippen molar-refractivity contribution in [3.05, 3.63) is 60.8 Å². The van der Waals surface area contributed by atoms with Crippen LogP contribution in [0.5, 0.6) is 0 Å². The smallest absolute Gasteiger partial charge is 0.293 e. The molecular weight excluding hydrogens is 272 g/mol. The molecule has 0 spiro atoms. The quantitative estimate of drug-likeness (QED) is 0.234. The van der Waals surface area contributed by atoms with E-state index in [1.54, 1.807) is 0 Å². The molecule has 0 aliphatic carbocycles. The molecule has 0 N–H and O–H groups in total. The van der Waals surface area contributed by atoms with Gasteiger partial charge >= 0.3 is 0 Å². The lowest BCUT2D eigenvalue weighted by molar-refractivity contribution is -0.128. The van der Waals surface area contributed by atoms with E-state index in [-0.39, 0.29) is 0 Å². The van der Waals surface area contributed by atoms with Crippen molar-refractivity contribution in [1.29, 1.82) is 0 Å². The molecule has 0 aromatic rings. The van der Waals surface area contributed by atoms with Gasteiger partial charge in [-0.1, -0.05) is 67.7 Å². The van der Waals surface area contributed by atoms with E-state index in [0.29, 0.717) is 13.1 Å². The summed E-state index contributed by atoms with van der Waals surface area (Å²) in [4.78, 5) is 9.92. The Morgan fingerprint density at radius 1 is 0.682 bits per heavy atom. The highest BCUT2D eigenvalue weighted by atomic mass is 16.5. The minimum absolute atomic E-state index is 0.499. The molecule has 0 saturated carbocycles. The number of carbonyl (C=O) groups is 1.